The van der Waals surface area contributed by atoms with Gasteiger partial charge in [0.25, 0.3) is 5.91 Å². The van der Waals surface area contributed by atoms with Crippen LogP contribution in [0.3, 0.4) is 0 Å². The molecule has 1 aromatic rings. The van der Waals surface area contributed by atoms with Gasteiger partial charge in [0.15, 0.2) is 0 Å². The number of carbonyl (C=O) groups is 1. The van der Waals surface area contributed by atoms with E-state index in [1.807, 2.05) is 6.92 Å². The van der Waals surface area contributed by atoms with Gasteiger partial charge in [-0.25, -0.2) is 0 Å². The Kier molecular flexibility index (Phi) is 4.79. The summed E-state index contributed by atoms with van der Waals surface area (Å²) in [6, 6.07) is 4.10. The van der Waals surface area contributed by atoms with Crippen LogP contribution >= 0.6 is 0 Å². The highest BCUT2D eigenvalue weighted by Gasteiger charge is 2.19. The van der Waals surface area contributed by atoms with Crippen molar-refractivity contribution >= 4 is 11.7 Å². The number of carbonyl (C=O) groups excluding carboxylic acids is 1. The summed E-state index contributed by atoms with van der Waals surface area (Å²) >= 11 is 0. The molecule has 5 N–H and O–H groups in total. The molecule has 2 rings (SSSR count). The van der Waals surface area contributed by atoms with E-state index >= 15 is 0 Å². The monoisotopic (exact) mass is 278 g/mol. The van der Waals surface area contributed by atoms with E-state index in [2.05, 4.69) is 10.3 Å². The predicted octanol–water partition coefficient (Wildman–Crippen LogP) is 1.26. The van der Waals surface area contributed by atoms with E-state index in [4.69, 9.17) is 16.2 Å². The average Bonchev–Trinajstić information content (AvgIpc) is 2.42. The first-order valence-corrected chi connectivity index (χ1v) is 7.06. The van der Waals surface area contributed by atoms with Crippen molar-refractivity contribution in [3.8, 4) is 5.88 Å². The average molecular weight is 278 g/mol. The zero-order valence-electron chi connectivity index (χ0n) is 11.8. The summed E-state index contributed by atoms with van der Waals surface area (Å²) in [7, 11) is 0. The fraction of sp³-hybridized carbons (Fsp3) is 0.571. The first-order chi connectivity index (χ1) is 9.60. The second-order valence-electron chi connectivity index (χ2n) is 5.10. The lowest BCUT2D eigenvalue weighted by molar-refractivity contribution is 0.0996. The van der Waals surface area contributed by atoms with Gasteiger partial charge in [-0.05, 0) is 44.7 Å². The van der Waals surface area contributed by atoms with Crippen LogP contribution in [0.4, 0.5) is 5.82 Å². The maximum atomic E-state index is 11.3. The Morgan fingerprint density at radius 3 is 2.70 bits per heavy atom. The van der Waals surface area contributed by atoms with Crippen LogP contribution in [0.5, 0.6) is 5.88 Å². The van der Waals surface area contributed by atoms with Crippen LogP contribution in [0.25, 0.3) is 0 Å². The summed E-state index contributed by atoms with van der Waals surface area (Å²) < 4.78 is 5.37. The molecule has 1 aromatic heterocycles. The van der Waals surface area contributed by atoms with Crippen LogP contribution < -0.4 is 21.5 Å². The molecule has 6 heteroatoms. The van der Waals surface area contributed by atoms with Gasteiger partial charge in [-0.2, -0.15) is 4.98 Å². The predicted molar refractivity (Wildman–Crippen MR) is 77.8 cm³/mol. The molecule has 6 nitrogen and oxygen atoms in total. The van der Waals surface area contributed by atoms with Gasteiger partial charge in [-0.15, -0.1) is 0 Å². The molecule has 0 atom stereocenters. The van der Waals surface area contributed by atoms with E-state index in [0.29, 0.717) is 30.1 Å². The van der Waals surface area contributed by atoms with E-state index in [-0.39, 0.29) is 5.88 Å². The lowest BCUT2D eigenvalue weighted by Gasteiger charge is -2.27. The number of rotatable bonds is 5. The molecule has 0 bridgehead atoms. The van der Waals surface area contributed by atoms with Crippen molar-refractivity contribution in [2.24, 2.45) is 11.5 Å². The quantitative estimate of drug-likeness (QED) is 0.752. The normalized spacial score (nSPS) is 22.3. The molecule has 0 aliphatic heterocycles. The molecule has 0 spiro atoms. The van der Waals surface area contributed by atoms with Crippen molar-refractivity contribution in [1.29, 1.82) is 0 Å². The highest BCUT2D eigenvalue weighted by Crippen LogP contribution is 2.23. The number of primary amides is 1. The lowest BCUT2D eigenvalue weighted by Crippen LogP contribution is -2.33. The number of nitrogens with two attached hydrogens (primary N) is 2. The van der Waals surface area contributed by atoms with Gasteiger partial charge in [0.2, 0.25) is 5.88 Å². The standard InChI is InChI=1S/C14H22N4O2/c1-2-20-14-11(13(16)19)7-8-12(18-14)17-10-5-3-9(15)4-6-10/h7-10H,2-6,15H2,1H3,(H2,16,19)(H,17,18). The molecule has 1 amide bonds. The number of anilines is 1. The third kappa shape index (κ3) is 3.60. The zero-order chi connectivity index (χ0) is 14.5. The van der Waals surface area contributed by atoms with Crippen molar-refractivity contribution in [2.75, 3.05) is 11.9 Å². The van der Waals surface area contributed by atoms with E-state index in [9.17, 15) is 4.79 Å². The summed E-state index contributed by atoms with van der Waals surface area (Å²) in [5, 5.41) is 3.37. The number of nitrogens with one attached hydrogen (secondary N) is 1. The minimum Gasteiger partial charge on any atom is -0.477 e. The Hall–Kier alpha value is -1.82. The molecule has 0 saturated heterocycles. The molecule has 0 aromatic carbocycles. The maximum absolute atomic E-state index is 11.3. The van der Waals surface area contributed by atoms with Crippen LogP contribution in [0.15, 0.2) is 12.1 Å². The van der Waals surface area contributed by atoms with Crippen molar-refractivity contribution < 1.29 is 9.53 Å². The molecular weight excluding hydrogens is 256 g/mol. The number of ether oxygens (including phenoxy) is 1. The third-order valence-electron chi connectivity index (χ3n) is 3.53. The zero-order valence-corrected chi connectivity index (χ0v) is 11.8. The summed E-state index contributed by atoms with van der Waals surface area (Å²) in [4.78, 5) is 15.6. The minimum absolute atomic E-state index is 0.289. The fourth-order valence-electron chi connectivity index (χ4n) is 2.43. The van der Waals surface area contributed by atoms with Crippen LogP contribution in [-0.2, 0) is 0 Å². The third-order valence-corrected chi connectivity index (χ3v) is 3.53. The Labute approximate surface area is 118 Å². The van der Waals surface area contributed by atoms with Gasteiger partial charge < -0.3 is 21.5 Å². The van der Waals surface area contributed by atoms with Crippen LogP contribution in [-0.4, -0.2) is 29.6 Å². The molecule has 1 aliphatic carbocycles. The number of aromatic nitrogens is 1. The minimum atomic E-state index is -0.531. The Morgan fingerprint density at radius 1 is 1.40 bits per heavy atom. The van der Waals surface area contributed by atoms with Gasteiger partial charge in [0.05, 0.1) is 6.61 Å². The fourth-order valence-corrected chi connectivity index (χ4v) is 2.43. The molecule has 1 aliphatic rings. The van der Waals surface area contributed by atoms with Crippen molar-refractivity contribution in [1.82, 2.24) is 4.98 Å². The smallest absolute Gasteiger partial charge is 0.254 e. The van der Waals surface area contributed by atoms with E-state index in [0.717, 1.165) is 25.7 Å². The summed E-state index contributed by atoms with van der Waals surface area (Å²) in [6.07, 6.45) is 4.11. The van der Waals surface area contributed by atoms with Crippen LogP contribution in [0.1, 0.15) is 43.0 Å². The van der Waals surface area contributed by atoms with Crippen molar-refractivity contribution in [3.05, 3.63) is 17.7 Å². The second-order valence-corrected chi connectivity index (χ2v) is 5.10. The van der Waals surface area contributed by atoms with Gasteiger partial charge >= 0.3 is 0 Å². The topological polar surface area (TPSA) is 103 Å². The van der Waals surface area contributed by atoms with Gasteiger partial charge in [0.1, 0.15) is 11.4 Å². The molecule has 1 heterocycles. The van der Waals surface area contributed by atoms with Crippen LogP contribution in [0.2, 0.25) is 0 Å². The Balaban J connectivity index is 2.08. The highest BCUT2D eigenvalue weighted by molar-refractivity contribution is 5.95. The van der Waals surface area contributed by atoms with Gasteiger partial charge in [-0.3, -0.25) is 4.79 Å². The molecule has 1 saturated carbocycles. The molecule has 0 unspecified atom stereocenters. The van der Waals surface area contributed by atoms with Gasteiger partial charge in [-0.1, -0.05) is 0 Å². The first kappa shape index (κ1) is 14.6. The number of hydrogen-bond donors (Lipinski definition) is 3. The highest BCUT2D eigenvalue weighted by atomic mass is 16.5. The van der Waals surface area contributed by atoms with Gasteiger partial charge in [0, 0.05) is 12.1 Å². The number of nitrogens with zero attached hydrogens (tertiary/aromatic N) is 1. The summed E-state index contributed by atoms with van der Waals surface area (Å²) in [6.45, 7) is 2.28. The van der Waals surface area contributed by atoms with Crippen molar-refractivity contribution in [3.63, 3.8) is 0 Å². The second kappa shape index (κ2) is 6.56. The van der Waals surface area contributed by atoms with E-state index < -0.39 is 5.91 Å². The Morgan fingerprint density at radius 2 is 2.10 bits per heavy atom. The van der Waals surface area contributed by atoms with Crippen molar-refractivity contribution in [2.45, 2.75) is 44.7 Å². The molecular formula is C14H22N4O2. The molecule has 0 radical (unpaired) electrons. The lowest BCUT2D eigenvalue weighted by atomic mass is 9.92. The number of amides is 1. The molecule has 110 valence electrons. The number of pyridine rings is 1. The van der Waals surface area contributed by atoms with E-state index in [1.54, 1.807) is 12.1 Å². The maximum Gasteiger partial charge on any atom is 0.254 e. The summed E-state index contributed by atoms with van der Waals surface area (Å²) in [5.41, 5.74) is 11.5. The largest absolute Gasteiger partial charge is 0.477 e. The first-order valence-electron chi connectivity index (χ1n) is 7.06. The van der Waals surface area contributed by atoms with Crippen LogP contribution in [0, 0.1) is 0 Å². The number of hydrogen-bond acceptors (Lipinski definition) is 5. The Bertz CT molecular complexity index is 470. The summed E-state index contributed by atoms with van der Waals surface area (Å²) in [5.74, 6) is 0.465. The van der Waals surface area contributed by atoms with E-state index in [1.165, 1.54) is 0 Å². The molecule has 20 heavy (non-hydrogen) atoms. The molecule has 1 fully saturated rings. The SMILES string of the molecule is CCOc1nc(NC2CCC(N)CC2)ccc1C(N)=O.